The molecule has 0 radical (unpaired) electrons. The van der Waals surface area contributed by atoms with Crippen LogP contribution >= 0.6 is 0 Å². The summed E-state index contributed by atoms with van der Waals surface area (Å²) in [6.45, 7) is 0. The molecule has 0 fully saturated rings. The molecule has 1 heterocycles. The second-order valence-corrected chi connectivity index (χ2v) is 14.4. The third-order valence-electron chi connectivity index (χ3n) is 11.5. The fraction of sp³-hybridized carbons (Fsp3) is 0. The SMILES string of the molecule is c1ccc(-c2ccc(N(c3cc4cccc5c6cccc7ccc8cccc(c9cccc3c9c45)c8c76)c3cccc4oc5ccccc5c34)cc2)cc1. The molecule has 0 aliphatic carbocycles. The van der Waals surface area contributed by atoms with Crippen LogP contribution in [-0.2, 0) is 0 Å². The summed E-state index contributed by atoms with van der Waals surface area (Å²) in [5.74, 6) is 0. The number of anilines is 3. The number of benzene rings is 10. The minimum absolute atomic E-state index is 0.874. The van der Waals surface area contributed by atoms with E-state index < -0.39 is 0 Å². The summed E-state index contributed by atoms with van der Waals surface area (Å²) in [5, 5.41) is 17.4. The lowest BCUT2D eigenvalue weighted by atomic mass is 9.87. The summed E-state index contributed by atoms with van der Waals surface area (Å²) in [7, 11) is 0. The molecular weight excluding hydrogens is 655 g/mol. The fourth-order valence-electron chi connectivity index (χ4n) is 9.25. The molecule has 11 aromatic carbocycles. The predicted octanol–water partition coefficient (Wildman–Crippen LogP) is 15.1. The Morgan fingerprint density at radius 1 is 0.296 bits per heavy atom. The Balaban J connectivity index is 1.26. The van der Waals surface area contributed by atoms with E-state index in [2.05, 4.69) is 187 Å². The van der Waals surface area contributed by atoms with E-state index in [0.29, 0.717) is 0 Å². The van der Waals surface area contributed by atoms with Crippen LogP contribution < -0.4 is 4.90 Å². The molecule has 0 aliphatic rings. The van der Waals surface area contributed by atoms with E-state index in [-0.39, 0.29) is 0 Å². The highest BCUT2D eigenvalue weighted by atomic mass is 16.3. The van der Waals surface area contributed by atoms with E-state index in [1.165, 1.54) is 75.8 Å². The van der Waals surface area contributed by atoms with Crippen molar-refractivity contribution in [1.29, 1.82) is 0 Å². The maximum Gasteiger partial charge on any atom is 0.137 e. The van der Waals surface area contributed by atoms with Crippen molar-refractivity contribution in [2.24, 2.45) is 0 Å². The Morgan fingerprint density at radius 2 is 0.815 bits per heavy atom. The first kappa shape index (κ1) is 29.4. The minimum Gasteiger partial charge on any atom is -0.456 e. The molecule has 0 N–H and O–H groups in total. The lowest BCUT2D eigenvalue weighted by Gasteiger charge is -2.29. The Kier molecular flexibility index (Phi) is 6.09. The van der Waals surface area contributed by atoms with Crippen LogP contribution in [-0.4, -0.2) is 0 Å². The molecule has 54 heavy (non-hydrogen) atoms. The quantitative estimate of drug-likeness (QED) is 0.172. The first-order valence-electron chi connectivity index (χ1n) is 18.6. The normalized spacial score (nSPS) is 12.1. The average molecular weight is 686 g/mol. The molecule has 0 atom stereocenters. The molecule has 0 spiro atoms. The highest BCUT2D eigenvalue weighted by molar-refractivity contribution is 6.38. The highest BCUT2D eigenvalue weighted by Gasteiger charge is 2.24. The van der Waals surface area contributed by atoms with Gasteiger partial charge >= 0.3 is 0 Å². The number of hydrogen-bond donors (Lipinski definition) is 0. The summed E-state index contributed by atoms with van der Waals surface area (Å²) < 4.78 is 6.49. The third kappa shape index (κ3) is 4.11. The van der Waals surface area contributed by atoms with E-state index in [1.807, 2.05) is 6.07 Å². The molecule has 250 valence electrons. The maximum absolute atomic E-state index is 6.49. The monoisotopic (exact) mass is 685 g/mol. The van der Waals surface area contributed by atoms with Gasteiger partial charge in [-0.15, -0.1) is 0 Å². The predicted molar refractivity (Wildman–Crippen MR) is 230 cm³/mol. The average Bonchev–Trinajstić information content (AvgIpc) is 3.62. The van der Waals surface area contributed by atoms with Gasteiger partial charge in [-0.2, -0.15) is 0 Å². The van der Waals surface area contributed by atoms with Gasteiger partial charge in [0, 0.05) is 21.8 Å². The van der Waals surface area contributed by atoms with Crippen LogP contribution in [0.15, 0.2) is 192 Å². The van der Waals surface area contributed by atoms with Crippen LogP contribution in [0, 0.1) is 0 Å². The second-order valence-electron chi connectivity index (χ2n) is 14.4. The van der Waals surface area contributed by atoms with Gasteiger partial charge in [-0.25, -0.2) is 0 Å². The van der Waals surface area contributed by atoms with Crippen molar-refractivity contribution in [3.63, 3.8) is 0 Å². The first-order chi connectivity index (χ1) is 26.8. The number of furan rings is 1. The summed E-state index contributed by atoms with van der Waals surface area (Å²) in [4.78, 5) is 2.46. The van der Waals surface area contributed by atoms with Crippen molar-refractivity contribution >= 4 is 104 Å². The number of fused-ring (bicyclic) bond motifs is 5. The van der Waals surface area contributed by atoms with Crippen LogP contribution in [0.4, 0.5) is 17.1 Å². The van der Waals surface area contributed by atoms with Gasteiger partial charge in [-0.1, -0.05) is 152 Å². The number of hydrogen-bond acceptors (Lipinski definition) is 2. The van der Waals surface area contributed by atoms with Crippen LogP contribution in [0.25, 0.3) is 97.7 Å². The van der Waals surface area contributed by atoms with E-state index in [1.54, 1.807) is 0 Å². The van der Waals surface area contributed by atoms with Crippen molar-refractivity contribution in [1.82, 2.24) is 0 Å². The van der Waals surface area contributed by atoms with Gasteiger partial charge in [-0.05, 0) is 101 Å². The molecule has 0 saturated carbocycles. The summed E-state index contributed by atoms with van der Waals surface area (Å²) in [6, 6.07) is 68.7. The van der Waals surface area contributed by atoms with Crippen LogP contribution in [0.2, 0.25) is 0 Å². The van der Waals surface area contributed by atoms with Crippen molar-refractivity contribution in [3.05, 3.63) is 188 Å². The third-order valence-corrected chi connectivity index (χ3v) is 11.5. The van der Waals surface area contributed by atoms with E-state index >= 15 is 0 Å². The van der Waals surface area contributed by atoms with Crippen molar-refractivity contribution in [3.8, 4) is 11.1 Å². The summed E-state index contributed by atoms with van der Waals surface area (Å²) in [6.07, 6.45) is 0. The second kappa shape index (κ2) is 11.2. The van der Waals surface area contributed by atoms with Crippen LogP contribution in [0.1, 0.15) is 0 Å². The van der Waals surface area contributed by atoms with Crippen LogP contribution in [0.5, 0.6) is 0 Å². The van der Waals surface area contributed by atoms with Gasteiger partial charge in [0.1, 0.15) is 11.2 Å². The molecule has 2 heteroatoms. The van der Waals surface area contributed by atoms with Crippen molar-refractivity contribution in [2.45, 2.75) is 0 Å². The molecule has 0 unspecified atom stereocenters. The fourth-order valence-corrected chi connectivity index (χ4v) is 9.25. The molecule has 1 aromatic heterocycles. The molecule has 0 saturated heterocycles. The topological polar surface area (TPSA) is 16.4 Å². The van der Waals surface area contributed by atoms with E-state index in [9.17, 15) is 0 Å². The molecule has 2 nitrogen and oxygen atoms in total. The molecule has 12 aromatic rings. The number of rotatable bonds is 4. The number of para-hydroxylation sites is 1. The highest BCUT2D eigenvalue weighted by Crippen LogP contribution is 2.50. The van der Waals surface area contributed by atoms with Gasteiger partial charge in [0.2, 0.25) is 0 Å². The minimum atomic E-state index is 0.874. The smallest absolute Gasteiger partial charge is 0.137 e. The molecular formula is C52H31NO. The van der Waals surface area contributed by atoms with E-state index in [4.69, 9.17) is 4.42 Å². The largest absolute Gasteiger partial charge is 0.456 e. The van der Waals surface area contributed by atoms with Crippen molar-refractivity contribution in [2.75, 3.05) is 4.90 Å². The van der Waals surface area contributed by atoms with E-state index in [0.717, 1.165) is 39.0 Å². The summed E-state index contributed by atoms with van der Waals surface area (Å²) >= 11 is 0. The van der Waals surface area contributed by atoms with Crippen molar-refractivity contribution < 1.29 is 4.42 Å². The lowest BCUT2D eigenvalue weighted by Crippen LogP contribution is -2.11. The Labute approximate surface area is 311 Å². The Morgan fingerprint density at radius 3 is 1.54 bits per heavy atom. The molecule has 0 bridgehead atoms. The molecule has 12 rings (SSSR count). The zero-order chi connectivity index (χ0) is 35.3. The summed E-state index contributed by atoms with van der Waals surface area (Å²) in [5.41, 5.74) is 7.43. The zero-order valence-corrected chi connectivity index (χ0v) is 29.3. The molecule has 0 amide bonds. The van der Waals surface area contributed by atoms with Gasteiger partial charge in [0.05, 0.1) is 16.8 Å². The standard InChI is InChI=1S/C52H31NO/c1-2-11-32(12-3-1)33-27-29-37(30-28-33)53(44-22-10-24-47-52(44)43-16-4-5-23-46(43)54-47)45-31-36-15-8-19-39-38-17-6-13-34-25-26-35-14-7-18-40(49(35)48(34)38)41-20-9-21-42(45)51(41)50(36)39/h1-31H. The van der Waals surface area contributed by atoms with Gasteiger partial charge in [0.25, 0.3) is 0 Å². The zero-order valence-electron chi connectivity index (χ0n) is 29.3. The Bertz CT molecular complexity index is 3430. The van der Waals surface area contributed by atoms with Gasteiger partial charge < -0.3 is 9.32 Å². The number of nitrogens with zero attached hydrogens (tertiary/aromatic N) is 1. The van der Waals surface area contributed by atoms with Crippen LogP contribution in [0.3, 0.4) is 0 Å². The maximum atomic E-state index is 6.49. The van der Waals surface area contributed by atoms with Gasteiger partial charge in [0.15, 0.2) is 0 Å². The Hall–Kier alpha value is -7.16. The van der Waals surface area contributed by atoms with Gasteiger partial charge in [-0.3, -0.25) is 0 Å². The first-order valence-corrected chi connectivity index (χ1v) is 18.6. The molecule has 0 aliphatic heterocycles. The lowest BCUT2D eigenvalue weighted by molar-refractivity contribution is 0.669.